The summed E-state index contributed by atoms with van der Waals surface area (Å²) in [6.45, 7) is 0. The van der Waals surface area contributed by atoms with E-state index in [9.17, 15) is 0 Å². The molecule has 0 atom stereocenters. The van der Waals surface area contributed by atoms with Crippen LogP contribution >= 0.6 is 46.4 Å². The summed E-state index contributed by atoms with van der Waals surface area (Å²) in [4.78, 5) is 0. The molecule has 0 unspecified atom stereocenters. The van der Waals surface area contributed by atoms with Crippen LogP contribution < -0.4 is 0 Å². The average Bonchev–Trinajstić information content (AvgIpc) is 2.70. The molecule has 144 valence electrons. The van der Waals surface area contributed by atoms with Crippen LogP contribution in [-0.2, 0) is 0 Å². The van der Waals surface area contributed by atoms with Crippen molar-refractivity contribution in [1.82, 2.24) is 0 Å². The third-order valence-electron chi connectivity index (χ3n) is 5.74. The second-order valence-corrected chi connectivity index (χ2v) is 9.31. The van der Waals surface area contributed by atoms with Crippen molar-refractivity contribution in [2.45, 2.75) is 0 Å². The lowest BCUT2D eigenvalue weighted by molar-refractivity contribution is 1.77. The normalized spacial score (nSPS) is 12.0. The van der Waals surface area contributed by atoms with Gasteiger partial charge in [0.25, 0.3) is 0 Å². The quantitative estimate of drug-likeness (QED) is 0.196. The van der Waals surface area contributed by atoms with E-state index in [1.165, 1.54) is 32.3 Å². The Bertz CT molecular complexity index is 1440. The molecule has 0 heterocycles. The van der Waals surface area contributed by atoms with Crippen LogP contribution in [0.1, 0.15) is 0 Å². The standard InChI is InChI=1S/C26H12Cl4/c27-23-9-19-5-15-1-13-2-17-7-21-11-25(29)26(30)12-22(21)8-18(17)4-14(13)3-16(15)6-20(19)10-24(23)28/h1-12H. The number of rotatable bonds is 0. The van der Waals surface area contributed by atoms with Gasteiger partial charge in [0.1, 0.15) is 0 Å². The Morgan fingerprint density at radius 2 is 0.367 bits per heavy atom. The lowest BCUT2D eigenvalue weighted by Gasteiger charge is -2.09. The van der Waals surface area contributed by atoms with E-state index in [2.05, 4.69) is 48.5 Å². The summed E-state index contributed by atoms with van der Waals surface area (Å²) in [7, 11) is 0. The van der Waals surface area contributed by atoms with Gasteiger partial charge in [0.05, 0.1) is 20.1 Å². The minimum atomic E-state index is 0.570. The summed E-state index contributed by atoms with van der Waals surface area (Å²) < 4.78 is 0. The molecule has 6 aromatic rings. The maximum absolute atomic E-state index is 6.22. The number of hydrogen-bond donors (Lipinski definition) is 0. The summed E-state index contributed by atoms with van der Waals surface area (Å²) in [5.74, 6) is 0. The van der Waals surface area contributed by atoms with Crippen LogP contribution in [0.2, 0.25) is 20.1 Å². The van der Waals surface area contributed by atoms with E-state index in [0.717, 1.165) is 21.5 Å². The molecule has 30 heavy (non-hydrogen) atoms. The Morgan fingerprint density at radius 1 is 0.233 bits per heavy atom. The highest BCUT2D eigenvalue weighted by Crippen LogP contribution is 2.35. The first kappa shape index (κ1) is 18.5. The molecule has 0 nitrogen and oxygen atoms in total. The molecule has 6 aromatic carbocycles. The van der Waals surface area contributed by atoms with Crippen LogP contribution in [0.5, 0.6) is 0 Å². The highest BCUT2D eigenvalue weighted by Gasteiger charge is 2.08. The number of fused-ring (bicyclic) bond motifs is 5. The fourth-order valence-electron chi connectivity index (χ4n) is 4.25. The first-order valence-corrected chi connectivity index (χ1v) is 10.9. The fraction of sp³-hybridized carbons (Fsp3) is 0. The monoisotopic (exact) mass is 464 g/mol. The van der Waals surface area contributed by atoms with Crippen molar-refractivity contribution in [3.63, 3.8) is 0 Å². The topological polar surface area (TPSA) is 0 Å². The van der Waals surface area contributed by atoms with E-state index in [1.807, 2.05) is 24.3 Å². The van der Waals surface area contributed by atoms with Crippen LogP contribution in [0, 0.1) is 0 Å². The second kappa shape index (κ2) is 6.64. The first-order valence-electron chi connectivity index (χ1n) is 9.43. The molecule has 0 saturated carbocycles. The Morgan fingerprint density at radius 3 is 0.533 bits per heavy atom. The summed E-state index contributed by atoms with van der Waals surface area (Å²) in [6, 6.07) is 25.3. The molecule has 6 rings (SSSR count). The Kier molecular flexibility index (Phi) is 4.10. The van der Waals surface area contributed by atoms with Crippen molar-refractivity contribution in [2.75, 3.05) is 0 Å². The fourth-order valence-corrected chi connectivity index (χ4v) is 4.93. The van der Waals surface area contributed by atoms with Gasteiger partial charge in [-0.2, -0.15) is 0 Å². The summed E-state index contributed by atoms with van der Waals surface area (Å²) >= 11 is 24.9. The van der Waals surface area contributed by atoms with E-state index < -0.39 is 0 Å². The molecule has 0 amide bonds. The smallest absolute Gasteiger partial charge is 0.0598 e. The van der Waals surface area contributed by atoms with Crippen molar-refractivity contribution < 1.29 is 0 Å². The molecular formula is C26H12Cl4. The molecule has 0 aromatic heterocycles. The zero-order chi connectivity index (χ0) is 20.6. The van der Waals surface area contributed by atoms with E-state index in [4.69, 9.17) is 46.4 Å². The Labute approximate surface area is 192 Å². The minimum Gasteiger partial charge on any atom is -0.0827 e. The zero-order valence-corrected chi connectivity index (χ0v) is 18.5. The number of hydrogen-bond acceptors (Lipinski definition) is 0. The first-order chi connectivity index (χ1) is 14.4. The van der Waals surface area contributed by atoms with Crippen molar-refractivity contribution in [1.29, 1.82) is 0 Å². The average molecular weight is 466 g/mol. The third-order valence-corrected chi connectivity index (χ3v) is 7.18. The largest absolute Gasteiger partial charge is 0.0827 e. The molecule has 0 N–H and O–H groups in total. The summed E-state index contributed by atoms with van der Waals surface area (Å²) in [6.07, 6.45) is 0. The van der Waals surface area contributed by atoms with E-state index in [-0.39, 0.29) is 0 Å². The van der Waals surface area contributed by atoms with E-state index in [1.54, 1.807) is 0 Å². The molecule has 0 radical (unpaired) electrons. The predicted molar refractivity (Wildman–Crippen MR) is 134 cm³/mol. The molecular weight excluding hydrogens is 454 g/mol. The van der Waals surface area contributed by atoms with Gasteiger partial charge in [-0.1, -0.05) is 46.4 Å². The van der Waals surface area contributed by atoms with Crippen molar-refractivity contribution >= 4 is 100 Å². The van der Waals surface area contributed by atoms with Crippen molar-refractivity contribution in [3.8, 4) is 0 Å². The molecule has 0 aliphatic heterocycles. The summed E-state index contributed by atoms with van der Waals surface area (Å²) in [5.41, 5.74) is 0. The molecule has 0 spiro atoms. The van der Waals surface area contributed by atoms with Gasteiger partial charge in [-0.15, -0.1) is 0 Å². The highest BCUT2D eigenvalue weighted by atomic mass is 35.5. The summed E-state index contributed by atoms with van der Waals surface area (Å²) in [5, 5.41) is 13.7. The minimum absolute atomic E-state index is 0.570. The molecule has 0 aliphatic rings. The van der Waals surface area contributed by atoms with Gasteiger partial charge in [-0.25, -0.2) is 0 Å². The molecule has 0 saturated heterocycles. The lowest BCUT2D eigenvalue weighted by Crippen LogP contribution is -1.82. The van der Waals surface area contributed by atoms with Crippen molar-refractivity contribution in [3.05, 3.63) is 92.9 Å². The maximum atomic E-state index is 6.22. The molecule has 4 heteroatoms. The molecule has 0 fully saturated rings. The van der Waals surface area contributed by atoms with Crippen LogP contribution in [0.4, 0.5) is 0 Å². The predicted octanol–water partition coefficient (Wildman–Crippen LogP) is 10.1. The Hall–Kier alpha value is -2.22. The zero-order valence-electron chi connectivity index (χ0n) is 15.4. The SMILES string of the molecule is Clc1cc2cc3cc4cc5cc6cc(Cl)c(Cl)cc6cc5cc4cc3cc2cc1Cl. The molecule has 0 bridgehead atoms. The maximum Gasteiger partial charge on any atom is 0.0598 e. The van der Waals surface area contributed by atoms with Gasteiger partial charge < -0.3 is 0 Å². The van der Waals surface area contributed by atoms with Gasteiger partial charge in [-0.3, -0.25) is 0 Å². The molecule has 0 aliphatic carbocycles. The van der Waals surface area contributed by atoms with Crippen LogP contribution in [0.3, 0.4) is 0 Å². The highest BCUT2D eigenvalue weighted by molar-refractivity contribution is 6.43. The van der Waals surface area contributed by atoms with Gasteiger partial charge >= 0.3 is 0 Å². The van der Waals surface area contributed by atoms with Gasteiger partial charge in [-0.05, 0) is 127 Å². The Balaban J connectivity index is 1.66. The van der Waals surface area contributed by atoms with E-state index in [0.29, 0.717) is 20.1 Å². The number of benzene rings is 6. The van der Waals surface area contributed by atoms with Gasteiger partial charge in [0, 0.05) is 0 Å². The van der Waals surface area contributed by atoms with Gasteiger partial charge in [0.2, 0.25) is 0 Å². The number of halogens is 4. The van der Waals surface area contributed by atoms with Crippen molar-refractivity contribution in [2.24, 2.45) is 0 Å². The van der Waals surface area contributed by atoms with Crippen LogP contribution in [0.15, 0.2) is 72.8 Å². The second-order valence-electron chi connectivity index (χ2n) is 7.68. The van der Waals surface area contributed by atoms with Crippen LogP contribution in [-0.4, -0.2) is 0 Å². The lowest BCUT2D eigenvalue weighted by atomic mass is 9.96. The van der Waals surface area contributed by atoms with E-state index >= 15 is 0 Å². The third kappa shape index (κ3) is 2.91. The van der Waals surface area contributed by atoms with Gasteiger partial charge in [0.15, 0.2) is 0 Å². The van der Waals surface area contributed by atoms with Crippen LogP contribution in [0.25, 0.3) is 53.9 Å².